The van der Waals surface area contributed by atoms with Crippen molar-refractivity contribution in [2.24, 2.45) is 0 Å². The van der Waals surface area contributed by atoms with Crippen molar-refractivity contribution in [1.29, 1.82) is 0 Å². The van der Waals surface area contributed by atoms with Crippen LogP contribution in [0.1, 0.15) is 18.7 Å². The Hall–Kier alpha value is -0.920. The largest absolute Gasteiger partial charge is 0.354 e. The molecule has 2 fully saturated rings. The zero-order valence-electron chi connectivity index (χ0n) is 12.7. The van der Waals surface area contributed by atoms with Gasteiger partial charge in [0.1, 0.15) is 16.8 Å². The molecule has 6 nitrogen and oxygen atoms in total. The second-order valence-electron chi connectivity index (χ2n) is 6.01. The van der Waals surface area contributed by atoms with Gasteiger partial charge in [0.05, 0.1) is 11.0 Å². The highest BCUT2D eigenvalue weighted by Crippen LogP contribution is 2.22. The van der Waals surface area contributed by atoms with Crippen LogP contribution in [0.2, 0.25) is 5.15 Å². The Bertz CT molecular complexity index is 624. The van der Waals surface area contributed by atoms with E-state index in [1.54, 1.807) is 6.07 Å². The van der Waals surface area contributed by atoms with Crippen LogP contribution in [-0.2, 0) is 9.84 Å². The highest BCUT2D eigenvalue weighted by Gasteiger charge is 2.33. The Morgan fingerprint density at radius 3 is 2.59 bits per heavy atom. The molecule has 0 aliphatic carbocycles. The van der Waals surface area contributed by atoms with Crippen molar-refractivity contribution in [2.45, 2.75) is 25.0 Å². The fourth-order valence-electron chi connectivity index (χ4n) is 3.19. The molecule has 0 amide bonds. The molecule has 1 atom stereocenters. The minimum absolute atomic E-state index is 0.171. The van der Waals surface area contributed by atoms with Crippen LogP contribution in [-0.4, -0.2) is 67.0 Å². The molecule has 0 radical (unpaired) electrons. The molecule has 2 saturated heterocycles. The van der Waals surface area contributed by atoms with Crippen LogP contribution < -0.4 is 4.90 Å². The van der Waals surface area contributed by atoms with Gasteiger partial charge in [-0.25, -0.2) is 18.4 Å². The van der Waals surface area contributed by atoms with Crippen molar-refractivity contribution < 1.29 is 8.42 Å². The summed E-state index contributed by atoms with van der Waals surface area (Å²) in [4.78, 5) is 12.9. The molecular weight excluding hydrogens is 324 g/mol. The lowest BCUT2D eigenvalue weighted by Gasteiger charge is -2.36. The fourth-order valence-corrected chi connectivity index (χ4v) is 5.28. The third kappa shape index (κ3) is 3.52. The topological polar surface area (TPSA) is 66.4 Å². The summed E-state index contributed by atoms with van der Waals surface area (Å²) in [7, 11) is -2.86. The summed E-state index contributed by atoms with van der Waals surface area (Å²) in [6.45, 7) is 5.87. The number of hydrogen-bond donors (Lipinski definition) is 0. The van der Waals surface area contributed by atoms with Gasteiger partial charge in [0, 0.05) is 38.8 Å². The molecule has 2 aliphatic heterocycles. The maximum atomic E-state index is 11.9. The second-order valence-corrected chi connectivity index (χ2v) is 8.80. The van der Waals surface area contributed by atoms with E-state index in [4.69, 9.17) is 11.6 Å². The van der Waals surface area contributed by atoms with E-state index >= 15 is 0 Å². The summed E-state index contributed by atoms with van der Waals surface area (Å²) in [5, 5.41) is 0.289. The van der Waals surface area contributed by atoms with E-state index in [-0.39, 0.29) is 5.25 Å². The van der Waals surface area contributed by atoms with E-state index in [2.05, 4.69) is 19.8 Å². The van der Waals surface area contributed by atoms with Gasteiger partial charge in [-0.15, -0.1) is 0 Å². The molecule has 3 rings (SSSR count). The highest BCUT2D eigenvalue weighted by atomic mass is 35.5. The number of sulfone groups is 1. The second kappa shape index (κ2) is 6.29. The first kappa shape index (κ1) is 16.0. The molecule has 0 spiro atoms. The molecule has 122 valence electrons. The molecule has 0 unspecified atom stereocenters. The van der Waals surface area contributed by atoms with Gasteiger partial charge in [-0.3, -0.25) is 4.90 Å². The Morgan fingerprint density at radius 2 is 2.00 bits per heavy atom. The lowest BCUT2D eigenvalue weighted by Crippen LogP contribution is -2.49. The van der Waals surface area contributed by atoms with Gasteiger partial charge in [0.25, 0.3) is 0 Å². The van der Waals surface area contributed by atoms with E-state index in [0.717, 1.165) is 44.8 Å². The van der Waals surface area contributed by atoms with Gasteiger partial charge in [0.15, 0.2) is 9.84 Å². The molecule has 0 saturated carbocycles. The van der Waals surface area contributed by atoms with E-state index < -0.39 is 9.84 Å². The summed E-state index contributed by atoms with van der Waals surface area (Å²) in [6.07, 6.45) is 1.62. The minimum Gasteiger partial charge on any atom is -0.354 e. The number of aromatic nitrogens is 2. The SMILES string of the molecule is Cc1nc(Cl)cc(N2CCN(C[C@@H]3CCCS3(=O)=O)CC2)n1. The van der Waals surface area contributed by atoms with Gasteiger partial charge in [-0.2, -0.15) is 0 Å². The normalized spacial score (nSPS) is 25.5. The van der Waals surface area contributed by atoms with Gasteiger partial charge in [-0.1, -0.05) is 11.6 Å². The Kier molecular flexibility index (Phi) is 4.56. The maximum Gasteiger partial charge on any atom is 0.154 e. The highest BCUT2D eigenvalue weighted by molar-refractivity contribution is 7.92. The van der Waals surface area contributed by atoms with Crippen molar-refractivity contribution >= 4 is 27.3 Å². The Labute approximate surface area is 136 Å². The number of rotatable bonds is 3. The third-order valence-electron chi connectivity index (χ3n) is 4.41. The van der Waals surface area contributed by atoms with E-state index in [1.165, 1.54) is 0 Å². The molecular formula is C14H21ClN4O2S. The van der Waals surface area contributed by atoms with Crippen molar-refractivity contribution in [3.8, 4) is 0 Å². The number of nitrogens with zero attached hydrogens (tertiary/aromatic N) is 4. The molecule has 0 aromatic carbocycles. The molecule has 0 N–H and O–H groups in total. The van der Waals surface area contributed by atoms with Crippen molar-refractivity contribution in [3.63, 3.8) is 0 Å². The molecule has 2 aliphatic rings. The van der Waals surface area contributed by atoms with Crippen molar-refractivity contribution in [2.75, 3.05) is 43.4 Å². The number of aryl methyl sites for hydroxylation is 1. The first-order chi connectivity index (χ1) is 10.4. The molecule has 8 heteroatoms. The lowest BCUT2D eigenvalue weighted by atomic mass is 10.2. The van der Waals surface area contributed by atoms with E-state index in [1.807, 2.05) is 6.92 Å². The molecule has 3 heterocycles. The van der Waals surface area contributed by atoms with Gasteiger partial charge in [-0.05, 0) is 19.8 Å². The fraction of sp³-hybridized carbons (Fsp3) is 0.714. The first-order valence-corrected chi connectivity index (χ1v) is 9.73. The van der Waals surface area contributed by atoms with Gasteiger partial charge < -0.3 is 4.90 Å². The predicted octanol–water partition coefficient (Wildman–Crippen LogP) is 1.14. The monoisotopic (exact) mass is 344 g/mol. The summed E-state index contributed by atoms with van der Waals surface area (Å²) >= 11 is 5.99. The van der Waals surface area contributed by atoms with Crippen molar-refractivity contribution in [1.82, 2.24) is 14.9 Å². The Balaban J connectivity index is 1.58. The molecule has 1 aromatic rings. The number of piperazine rings is 1. The lowest BCUT2D eigenvalue weighted by molar-refractivity contribution is 0.255. The van der Waals surface area contributed by atoms with Gasteiger partial charge in [0.2, 0.25) is 0 Å². The smallest absolute Gasteiger partial charge is 0.154 e. The molecule has 0 bridgehead atoms. The average Bonchev–Trinajstić information content (AvgIpc) is 2.78. The number of halogens is 1. The standard InChI is InChI=1S/C14H21ClN4O2S/c1-11-16-13(15)9-14(17-11)19-6-4-18(5-7-19)10-12-3-2-8-22(12,20)21/h9,12H,2-8,10H2,1H3/t12-/m0/s1. The van der Waals surface area contributed by atoms with Crippen LogP contribution in [0.15, 0.2) is 6.07 Å². The van der Waals surface area contributed by atoms with E-state index in [0.29, 0.717) is 23.3 Å². The van der Waals surface area contributed by atoms with Gasteiger partial charge >= 0.3 is 0 Å². The predicted molar refractivity (Wildman–Crippen MR) is 87.2 cm³/mol. The Morgan fingerprint density at radius 1 is 1.27 bits per heavy atom. The quantitative estimate of drug-likeness (QED) is 0.766. The zero-order valence-corrected chi connectivity index (χ0v) is 14.3. The van der Waals surface area contributed by atoms with Crippen LogP contribution in [0.25, 0.3) is 0 Å². The summed E-state index contributed by atoms with van der Waals surface area (Å²) in [5.41, 5.74) is 0. The molecule has 22 heavy (non-hydrogen) atoms. The van der Waals surface area contributed by atoms with Crippen LogP contribution in [0.4, 0.5) is 5.82 Å². The third-order valence-corrected chi connectivity index (χ3v) is 6.87. The first-order valence-electron chi connectivity index (χ1n) is 7.64. The van der Waals surface area contributed by atoms with Crippen LogP contribution in [0, 0.1) is 6.92 Å². The van der Waals surface area contributed by atoms with Crippen molar-refractivity contribution in [3.05, 3.63) is 17.0 Å². The summed E-state index contributed by atoms with van der Waals surface area (Å²) in [6, 6.07) is 1.78. The summed E-state index contributed by atoms with van der Waals surface area (Å²) in [5.74, 6) is 1.88. The van der Waals surface area contributed by atoms with Crippen LogP contribution in [0.3, 0.4) is 0 Å². The van der Waals surface area contributed by atoms with E-state index in [9.17, 15) is 8.42 Å². The average molecular weight is 345 g/mol. The number of hydrogen-bond acceptors (Lipinski definition) is 6. The minimum atomic E-state index is -2.86. The summed E-state index contributed by atoms with van der Waals surface area (Å²) < 4.78 is 23.9. The molecule has 1 aromatic heterocycles. The van der Waals surface area contributed by atoms with Crippen LogP contribution >= 0.6 is 11.6 Å². The zero-order chi connectivity index (χ0) is 15.7. The van der Waals surface area contributed by atoms with Crippen LogP contribution in [0.5, 0.6) is 0 Å². The number of anilines is 1. The maximum absolute atomic E-state index is 11.9.